The van der Waals surface area contributed by atoms with E-state index in [2.05, 4.69) is 6.92 Å². The highest BCUT2D eigenvalue weighted by Crippen LogP contribution is 2.37. The molecule has 0 saturated heterocycles. The van der Waals surface area contributed by atoms with E-state index in [0.29, 0.717) is 16.7 Å². The average Bonchev–Trinajstić information content (AvgIpc) is 2.30. The standard InChI is InChI=1S/C13H16Cl2O2/c1-2-3-4-5-12-16-8-9-6-10(14)7-11(15)13(9)17-12/h6-7,12H,2-5,8H2,1H3. The normalized spacial score (nSPS) is 18.6. The highest BCUT2D eigenvalue weighted by atomic mass is 35.5. The van der Waals surface area contributed by atoms with Crippen LogP contribution in [0.4, 0.5) is 0 Å². The first-order chi connectivity index (χ1) is 8.20. The zero-order valence-corrected chi connectivity index (χ0v) is 11.4. The molecule has 1 aromatic carbocycles. The number of halogens is 2. The van der Waals surface area contributed by atoms with Crippen molar-refractivity contribution >= 4 is 23.2 Å². The summed E-state index contributed by atoms with van der Waals surface area (Å²) in [6.45, 7) is 2.70. The maximum atomic E-state index is 6.11. The Morgan fingerprint density at radius 1 is 1.29 bits per heavy atom. The van der Waals surface area contributed by atoms with Gasteiger partial charge in [-0.15, -0.1) is 0 Å². The quantitative estimate of drug-likeness (QED) is 0.734. The molecule has 1 aliphatic rings. The van der Waals surface area contributed by atoms with Crippen LogP contribution in [0.2, 0.25) is 10.0 Å². The maximum Gasteiger partial charge on any atom is 0.200 e. The number of ether oxygens (including phenoxy) is 2. The summed E-state index contributed by atoms with van der Waals surface area (Å²) in [6, 6.07) is 3.54. The van der Waals surface area contributed by atoms with Gasteiger partial charge in [-0.1, -0.05) is 43.0 Å². The third kappa shape index (κ3) is 3.27. The molecule has 2 rings (SSSR count). The van der Waals surface area contributed by atoms with E-state index in [9.17, 15) is 0 Å². The lowest BCUT2D eigenvalue weighted by Gasteiger charge is -2.27. The lowest BCUT2D eigenvalue weighted by molar-refractivity contribution is -0.112. The fourth-order valence-electron chi connectivity index (χ4n) is 1.90. The van der Waals surface area contributed by atoms with E-state index in [1.807, 2.05) is 6.07 Å². The van der Waals surface area contributed by atoms with E-state index in [4.69, 9.17) is 32.7 Å². The van der Waals surface area contributed by atoms with Crippen molar-refractivity contribution in [3.8, 4) is 5.75 Å². The van der Waals surface area contributed by atoms with Crippen molar-refractivity contribution in [2.45, 2.75) is 45.5 Å². The number of benzene rings is 1. The smallest absolute Gasteiger partial charge is 0.200 e. The first-order valence-electron chi connectivity index (χ1n) is 5.97. The van der Waals surface area contributed by atoms with Crippen molar-refractivity contribution in [1.82, 2.24) is 0 Å². The van der Waals surface area contributed by atoms with Gasteiger partial charge in [0, 0.05) is 17.0 Å². The maximum absolute atomic E-state index is 6.11. The summed E-state index contributed by atoms with van der Waals surface area (Å²) in [7, 11) is 0. The second kappa shape index (κ2) is 5.94. The van der Waals surface area contributed by atoms with Gasteiger partial charge in [0.2, 0.25) is 0 Å². The Morgan fingerprint density at radius 2 is 2.12 bits per heavy atom. The first-order valence-corrected chi connectivity index (χ1v) is 6.72. The molecule has 0 radical (unpaired) electrons. The monoisotopic (exact) mass is 274 g/mol. The van der Waals surface area contributed by atoms with E-state index in [1.54, 1.807) is 6.07 Å². The predicted molar refractivity (Wildman–Crippen MR) is 69.8 cm³/mol. The summed E-state index contributed by atoms with van der Waals surface area (Å²) >= 11 is 12.0. The average molecular weight is 275 g/mol. The molecule has 0 aromatic heterocycles. The molecule has 0 N–H and O–H groups in total. The molecule has 0 saturated carbocycles. The van der Waals surface area contributed by atoms with Gasteiger partial charge >= 0.3 is 0 Å². The number of unbranched alkanes of at least 4 members (excludes halogenated alkanes) is 2. The minimum Gasteiger partial charge on any atom is -0.463 e. The van der Waals surface area contributed by atoms with Crippen molar-refractivity contribution in [2.24, 2.45) is 0 Å². The van der Waals surface area contributed by atoms with Crippen LogP contribution in [0.5, 0.6) is 5.75 Å². The molecule has 17 heavy (non-hydrogen) atoms. The van der Waals surface area contributed by atoms with Crippen LogP contribution in [0.15, 0.2) is 12.1 Å². The van der Waals surface area contributed by atoms with Gasteiger partial charge in [0.05, 0.1) is 11.6 Å². The fraction of sp³-hybridized carbons (Fsp3) is 0.538. The van der Waals surface area contributed by atoms with Crippen LogP contribution in [0.25, 0.3) is 0 Å². The Kier molecular flexibility index (Phi) is 4.55. The molecular formula is C13H16Cl2O2. The molecule has 1 unspecified atom stereocenters. The van der Waals surface area contributed by atoms with Crippen molar-refractivity contribution in [2.75, 3.05) is 0 Å². The summed E-state index contributed by atoms with van der Waals surface area (Å²) in [5.41, 5.74) is 0.925. The molecule has 1 atom stereocenters. The Labute approximate surface area is 112 Å². The molecule has 94 valence electrons. The molecule has 1 aromatic rings. The minimum atomic E-state index is -0.173. The fourth-order valence-corrected chi connectivity index (χ4v) is 2.48. The molecule has 2 nitrogen and oxygen atoms in total. The summed E-state index contributed by atoms with van der Waals surface area (Å²) in [5, 5.41) is 1.18. The zero-order chi connectivity index (χ0) is 12.3. The summed E-state index contributed by atoms with van der Waals surface area (Å²) < 4.78 is 11.4. The van der Waals surface area contributed by atoms with Crippen LogP contribution < -0.4 is 4.74 Å². The molecule has 0 spiro atoms. The van der Waals surface area contributed by atoms with Crippen LogP contribution in [0.1, 0.15) is 38.2 Å². The lowest BCUT2D eigenvalue weighted by atomic mass is 10.1. The largest absolute Gasteiger partial charge is 0.463 e. The Bertz CT molecular complexity index is 393. The molecule has 0 fully saturated rings. The van der Waals surface area contributed by atoms with Crippen molar-refractivity contribution < 1.29 is 9.47 Å². The molecule has 1 aliphatic heterocycles. The van der Waals surface area contributed by atoms with Gasteiger partial charge in [0.1, 0.15) is 5.75 Å². The molecule has 0 aliphatic carbocycles. The molecule has 4 heteroatoms. The van der Waals surface area contributed by atoms with E-state index >= 15 is 0 Å². The predicted octanol–water partition coefficient (Wildman–Crippen LogP) is 4.81. The van der Waals surface area contributed by atoms with Gasteiger partial charge in [-0.3, -0.25) is 0 Å². The van der Waals surface area contributed by atoms with Crippen molar-refractivity contribution in [3.05, 3.63) is 27.7 Å². The van der Waals surface area contributed by atoms with E-state index in [0.717, 1.165) is 24.2 Å². The molecular weight excluding hydrogens is 259 g/mol. The molecule has 0 bridgehead atoms. The summed E-state index contributed by atoms with van der Waals surface area (Å²) in [6.07, 6.45) is 4.24. The Balaban J connectivity index is 2.03. The van der Waals surface area contributed by atoms with Gasteiger partial charge in [-0.25, -0.2) is 0 Å². The van der Waals surface area contributed by atoms with Crippen LogP contribution >= 0.6 is 23.2 Å². The second-order valence-electron chi connectivity index (χ2n) is 4.23. The van der Waals surface area contributed by atoms with E-state index in [1.165, 1.54) is 12.8 Å². The van der Waals surface area contributed by atoms with Crippen molar-refractivity contribution in [1.29, 1.82) is 0 Å². The van der Waals surface area contributed by atoms with E-state index in [-0.39, 0.29) is 6.29 Å². The van der Waals surface area contributed by atoms with Gasteiger partial charge in [-0.2, -0.15) is 0 Å². The molecule has 0 amide bonds. The summed E-state index contributed by atoms with van der Waals surface area (Å²) in [4.78, 5) is 0. The van der Waals surface area contributed by atoms with Crippen LogP contribution in [-0.2, 0) is 11.3 Å². The Morgan fingerprint density at radius 3 is 2.88 bits per heavy atom. The van der Waals surface area contributed by atoms with Crippen LogP contribution in [0.3, 0.4) is 0 Å². The SMILES string of the molecule is CCCCCC1OCc2cc(Cl)cc(Cl)c2O1. The lowest BCUT2D eigenvalue weighted by Crippen LogP contribution is -2.25. The first kappa shape index (κ1) is 13.0. The number of rotatable bonds is 4. The van der Waals surface area contributed by atoms with Gasteiger partial charge in [0.15, 0.2) is 6.29 Å². The zero-order valence-electron chi connectivity index (χ0n) is 9.84. The molecule has 1 heterocycles. The summed E-state index contributed by atoms with van der Waals surface area (Å²) in [5.74, 6) is 0.726. The van der Waals surface area contributed by atoms with Gasteiger partial charge < -0.3 is 9.47 Å². The minimum absolute atomic E-state index is 0.173. The Hall–Kier alpha value is -0.440. The highest BCUT2D eigenvalue weighted by Gasteiger charge is 2.22. The highest BCUT2D eigenvalue weighted by molar-refractivity contribution is 6.35. The third-order valence-electron chi connectivity index (χ3n) is 2.80. The van der Waals surface area contributed by atoms with E-state index < -0.39 is 0 Å². The van der Waals surface area contributed by atoms with Crippen molar-refractivity contribution in [3.63, 3.8) is 0 Å². The van der Waals surface area contributed by atoms with Crippen LogP contribution in [-0.4, -0.2) is 6.29 Å². The van der Waals surface area contributed by atoms with Gasteiger partial charge in [0.25, 0.3) is 0 Å². The number of fused-ring (bicyclic) bond motifs is 1. The number of hydrogen-bond donors (Lipinski definition) is 0. The van der Waals surface area contributed by atoms with Crippen LogP contribution in [0, 0.1) is 0 Å². The number of hydrogen-bond acceptors (Lipinski definition) is 2. The third-order valence-corrected chi connectivity index (χ3v) is 3.30. The second-order valence-corrected chi connectivity index (χ2v) is 5.07. The van der Waals surface area contributed by atoms with Gasteiger partial charge in [-0.05, 0) is 18.6 Å². The topological polar surface area (TPSA) is 18.5 Å².